The van der Waals surface area contributed by atoms with Crippen LogP contribution in [-0.2, 0) is 13.5 Å². The van der Waals surface area contributed by atoms with Crippen LogP contribution in [0, 0.1) is 13.8 Å². The predicted molar refractivity (Wildman–Crippen MR) is 72.1 cm³/mol. The maximum absolute atomic E-state index is 10.3. The number of hydrogen-bond acceptors (Lipinski definition) is 4. The molecule has 5 heteroatoms. The van der Waals surface area contributed by atoms with Gasteiger partial charge in [0.25, 0.3) is 0 Å². The van der Waals surface area contributed by atoms with Crippen LogP contribution in [0.5, 0.6) is 5.75 Å². The summed E-state index contributed by atoms with van der Waals surface area (Å²) in [4.78, 5) is 4.06. The van der Waals surface area contributed by atoms with Crippen LogP contribution < -0.4 is 4.74 Å². The molecule has 0 saturated carbocycles. The van der Waals surface area contributed by atoms with Gasteiger partial charge in [-0.3, -0.25) is 9.67 Å². The first-order valence-electron chi connectivity index (χ1n) is 6.19. The highest BCUT2D eigenvalue weighted by atomic mass is 16.5. The molecule has 0 aliphatic heterocycles. The SMILES string of the molecule is COc1cncc(C(O)Cc2c(C)nn(C)c2C)c1. The second kappa shape index (κ2) is 5.40. The van der Waals surface area contributed by atoms with Gasteiger partial charge in [-0.15, -0.1) is 0 Å². The highest BCUT2D eigenvalue weighted by Crippen LogP contribution is 2.24. The fraction of sp³-hybridized carbons (Fsp3) is 0.429. The molecule has 0 aromatic carbocycles. The standard InChI is InChI=1S/C14H19N3O2/c1-9-13(10(2)17(3)16-9)6-14(18)11-5-12(19-4)8-15-7-11/h5,7-8,14,18H,6H2,1-4H3. The Labute approximate surface area is 112 Å². The minimum absolute atomic E-state index is 0.528. The first-order chi connectivity index (χ1) is 9.02. The van der Waals surface area contributed by atoms with Crippen LogP contribution in [0.3, 0.4) is 0 Å². The van der Waals surface area contributed by atoms with Gasteiger partial charge in [-0.2, -0.15) is 5.10 Å². The van der Waals surface area contributed by atoms with Gasteiger partial charge in [-0.05, 0) is 25.5 Å². The highest BCUT2D eigenvalue weighted by Gasteiger charge is 2.16. The van der Waals surface area contributed by atoms with Gasteiger partial charge in [0.05, 0.1) is 25.1 Å². The molecule has 1 unspecified atom stereocenters. The van der Waals surface area contributed by atoms with Gasteiger partial charge in [-0.25, -0.2) is 0 Å². The van der Waals surface area contributed by atoms with Crippen molar-refractivity contribution >= 4 is 0 Å². The molecule has 2 aromatic heterocycles. The first kappa shape index (κ1) is 13.5. The van der Waals surface area contributed by atoms with Crippen molar-refractivity contribution in [3.8, 4) is 5.75 Å². The Morgan fingerprint density at radius 1 is 1.37 bits per heavy atom. The number of hydrogen-bond donors (Lipinski definition) is 1. The minimum Gasteiger partial charge on any atom is -0.495 e. The molecule has 102 valence electrons. The molecule has 0 amide bonds. The minimum atomic E-state index is -0.607. The molecule has 0 radical (unpaired) electrons. The predicted octanol–water partition coefficient (Wildman–Crippen LogP) is 1.72. The second-order valence-corrected chi connectivity index (χ2v) is 4.65. The van der Waals surface area contributed by atoms with Crippen LogP contribution in [-0.4, -0.2) is 27.0 Å². The van der Waals surface area contributed by atoms with E-state index < -0.39 is 6.10 Å². The summed E-state index contributed by atoms with van der Waals surface area (Å²) in [5, 5.41) is 14.7. The molecule has 19 heavy (non-hydrogen) atoms. The zero-order valence-corrected chi connectivity index (χ0v) is 11.7. The van der Waals surface area contributed by atoms with E-state index in [9.17, 15) is 5.11 Å². The lowest BCUT2D eigenvalue weighted by molar-refractivity contribution is 0.177. The molecule has 2 aromatic rings. The topological polar surface area (TPSA) is 60.2 Å². The van der Waals surface area contributed by atoms with Gasteiger partial charge in [0.2, 0.25) is 0 Å². The second-order valence-electron chi connectivity index (χ2n) is 4.65. The van der Waals surface area contributed by atoms with Crippen molar-refractivity contribution in [2.75, 3.05) is 7.11 Å². The number of aliphatic hydroxyl groups is 1. The number of aromatic nitrogens is 3. The lowest BCUT2D eigenvalue weighted by Crippen LogP contribution is -2.05. The van der Waals surface area contributed by atoms with E-state index in [4.69, 9.17) is 4.74 Å². The van der Waals surface area contributed by atoms with Crippen LogP contribution in [0.25, 0.3) is 0 Å². The van der Waals surface area contributed by atoms with Gasteiger partial charge in [0.1, 0.15) is 5.75 Å². The largest absolute Gasteiger partial charge is 0.495 e. The molecule has 2 rings (SSSR count). The van der Waals surface area contributed by atoms with E-state index in [1.165, 1.54) is 0 Å². The molecule has 0 spiro atoms. The van der Waals surface area contributed by atoms with Crippen molar-refractivity contribution in [2.45, 2.75) is 26.4 Å². The van der Waals surface area contributed by atoms with Crippen molar-refractivity contribution in [2.24, 2.45) is 7.05 Å². The number of aliphatic hydroxyl groups excluding tert-OH is 1. The number of nitrogens with zero attached hydrogens (tertiary/aromatic N) is 3. The van der Waals surface area contributed by atoms with Gasteiger partial charge in [-0.1, -0.05) is 0 Å². The van der Waals surface area contributed by atoms with E-state index in [-0.39, 0.29) is 0 Å². The first-order valence-corrected chi connectivity index (χ1v) is 6.19. The van der Waals surface area contributed by atoms with Crippen molar-refractivity contribution in [3.05, 3.63) is 41.0 Å². The summed E-state index contributed by atoms with van der Waals surface area (Å²) < 4.78 is 6.95. The van der Waals surface area contributed by atoms with Gasteiger partial charge in [0.15, 0.2) is 0 Å². The molecular formula is C14H19N3O2. The summed E-state index contributed by atoms with van der Waals surface area (Å²) in [6.45, 7) is 3.96. The Morgan fingerprint density at radius 3 is 2.68 bits per heavy atom. The van der Waals surface area contributed by atoms with Crippen LogP contribution in [0.2, 0.25) is 0 Å². The van der Waals surface area contributed by atoms with E-state index in [2.05, 4.69) is 10.1 Å². The summed E-state index contributed by atoms with van der Waals surface area (Å²) in [7, 11) is 3.49. The molecule has 1 N–H and O–H groups in total. The van der Waals surface area contributed by atoms with Gasteiger partial charge >= 0.3 is 0 Å². The molecule has 0 saturated heterocycles. The van der Waals surface area contributed by atoms with Crippen molar-refractivity contribution in [3.63, 3.8) is 0 Å². The Balaban J connectivity index is 2.22. The molecular weight excluding hydrogens is 242 g/mol. The lowest BCUT2D eigenvalue weighted by atomic mass is 10.0. The molecule has 2 heterocycles. The van der Waals surface area contributed by atoms with Crippen LogP contribution in [0.1, 0.15) is 28.6 Å². The van der Waals surface area contributed by atoms with E-state index >= 15 is 0 Å². The van der Waals surface area contributed by atoms with Gasteiger partial charge in [0, 0.05) is 30.9 Å². The number of rotatable bonds is 4. The highest BCUT2D eigenvalue weighted by molar-refractivity contribution is 5.29. The molecule has 0 bridgehead atoms. The molecule has 0 aliphatic rings. The van der Waals surface area contributed by atoms with Crippen LogP contribution in [0.15, 0.2) is 18.5 Å². The molecule has 0 fully saturated rings. The number of pyridine rings is 1. The maximum atomic E-state index is 10.3. The Kier molecular flexibility index (Phi) is 3.85. The van der Waals surface area contributed by atoms with Crippen LogP contribution >= 0.6 is 0 Å². The van der Waals surface area contributed by atoms with Crippen molar-refractivity contribution in [1.82, 2.24) is 14.8 Å². The monoisotopic (exact) mass is 261 g/mol. The summed E-state index contributed by atoms with van der Waals surface area (Å²) >= 11 is 0. The fourth-order valence-corrected chi connectivity index (χ4v) is 2.15. The van der Waals surface area contributed by atoms with Crippen LogP contribution in [0.4, 0.5) is 0 Å². The maximum Gasteiger partial charge on any atom is 0.137 e. The number of aryl methyl sites for hydroxylation is 2. The zero-order chi connectivity index (χ0) is 14.0. The molecule has 5 nitrogen and oxygen atoms in total. The third-order valence-corrected chi connectivity index (χ3v) is 3.41. The summed E-state index contributed by atoms with van der Waals surface area (Å²) in [5.41, 5.74) is 3.86. The average Bonchev–Trinajstić information content (AvgIpc) is 2.65. The van der Waals surface area contributed by atoms with E-state index in [1.807, 2.05) is 25.6 Å². The van der Waals surface area contributed by atoms with Gasteiger partial charge < -0.3 is 9.84 Å². The Morgan fingerprint density at radius 2 is 2.11 bits per heavy atom. The lowest BCUT2D eigenvalue weighted by Gasteiger charge is -2.12. The Hall–Kier alpha value is -1.88. The quantitative estimate of drug-likeness (QED) is 0.910. The Bertz CT molecular complexity index is 578. The fourth-order valence-electron chi connectivity index (χ4n) is 2.15. The summed E-state index contributed by atoms with van der Waals surface area (Å²) in [6.07, 6.45) is 3.20. The normalized spacial score (nSPS) is 12.5. The summed E-state index contributed by atoms with van der Waals surface area (Å²) in [6, 6.07) is 1.80. The number of methoxy groups -OCH3 is 1. The smallest absolute Gasteiger partial charge is 0.137 e. The third kappa shape index (κ3) is 2.76. The average molecular weight is 261 g/mol. The van der Waals surface area contributed by atoms with Crippen molar-refractivity contribution in [1.29, 1.82) is 0 Å². The van der Waals surface area contributed by atoms with E-state index in [0.717, 1.165) is 22.5 Å². The third-order valence-electron chi connectivity index (χ3n) is 3.41. The zero-order valence-electron chi connectivity index (χ0n) is 11.7. The van der Waals surface area contributed by atoms with E-state index in [1.54, 1.807) is 25.6 Å². The van der Waals surface area contributed by atoms with E-state index in [0.29, 0.717) is 12.2 Å². The summed E-state index contributed by atoms with van der Waals surface area (Å²) in [5.74, 6) is 0.649. The number of ether oxygens (including phenoxy) is 1. The molecule has 1 atom stereocenters. The van der Waals surface area contributed by atoms with Crippen molar-refractivity contribution < 1.29 is 9.84 Å². The molecule has 0 aliphatic carbocycles.